The Morgan fingerprint density at radius 3 is 2.59 bits per heavy atom. The van der Waals surface area contributed by atoms with Crippen LogP contribution in [0.2, 0.25) is 0 Å². The van der Waals surface area contributed by atoms with Gasteiger partial charge in [0.2, 0.25) is 0 Å². The molecule has 0 spiro atoms. The second kappa shape index (κ2) is 11.1. The molecule has 3 rings (SSSR count). The smallest absolute Gasteiger partial charge is 0.265 e. The third-order valence-electron chi connectivity index (χ3n) is 5.84. The molecule has 0 saturated heterocycles. The lowest BCUT2D eigenvalue weighted by atomic mass is 10.0. The summed E-state index contributed by atoms with van der Waals surface area (Å²) >= 11 is 0. The number of rotatable bonds is 5. The quantitative estimate of drug-likeness (QED) is 0.662. The minimum absolute atomic E-state index is 0.00165. The number of amides is 1. The molecular formula is C24H33N3O6S. The summed E-state index contributed by atoms with van der Waals surface area (Å²) < 4.78 is 45.4. The molecule has 0 aliphatic carbocycles. The molecule has 1 aliphatic heterocycles. The topological polar surface area (TPSA) is 106 Å². The highest BCUT2D eigenvalue weighted by Gasteiger charge is 2.26. The number of carbonyl (C=O) groups excluding carboxylic acids is 1. The van der Waals surface area contributed by atoms with E-state index in [-0.39, 0.29) is 45.9 Å². The van der Waals surface area contributed by atoms with Gasteiger partial charge in [-0.2, -0.15) is 0 Å². The van der Waals surface area contributed by atoms with Crippen LogP contribution in [0.4, 0.5) is 5.69 Å². The fraction of sp³-hybridized carbons (Fsp3) is 0.458. The van der Waals surface area contributed by atoms with Crippen LogP contribution in [0.15, 0.2) is 47.4 Å². The SMILES string of the molecule is COc1ccccc1S(=O)(=O)Nc1ccc2c(c1)C(=O)N(C)C[C@H](OC)[C@@H](C)CN[C@@H](C)CO2. The Bertz CT molecular complexity index is 1110. The summed E-state index contributed by atoms with van der Waals surface area (Å²) in [4.78, 5) is 14.9. The van der Waals surface area contributed by atoms with Crippen molar-refractivity contribution in [1.82, 2.24) is 10.2 Å². The second-order valence-electron chi connectivity index (χ2n) is 8.52. The third-order valence-corrected chi connectivity index (χ3v) is 7.26. The Balaban J connectivity index is 1.96. The van der Waals surface area contributed by atoms with Crippen LogP contribution in [-0.4, -0.2) is 72.3 Å². The van der Waals surface area contributed by atoms with Crippen LogP contribution in [0, 0.1) is 5.92 Å². The fourth-order valence-corrected chi connectivity index (χ4v) is 5.00. The van der Waals surface area contributed by atoms with E-state index in [1.54, 1.807) is 49.4 Å². The standard InChI is InChI=1S/C24H33N3O6S/c1-16-13-25-17(2)15-33-20-11-10-18(12-19(20)24(28)27(3)14-22(16)32-5)26-34(29,30)23-9-7-6-8-21(23)31-4/h6-12,16-17,22,25-26H,13-15H2,1-5H3/t16-,17-,22-/m0/s1. The lowest BCUT2D eigenvalue weighted by Crippen LogP contribution is -2.44. The average Bonchev–Trinajstić information content (AvgIpc) is 2.83. The number of nitrogens with one attached hydrogen (secondary N) is 2. The van der Waals surface area contributed by atoms with Gasteiger partial charge < -0.3 is 24.4 Å². The van der Waals surface area contributed by atoms with Crippen molar-refractivity contribution in [2.45, 2.75) is 30.9 Å². The van der Waals surface area contributed by atoms with Gasteiger partial charge in [-0.15, -0.1) is 0 Å². The molecule has 0 unspecified atom stereocenters. The summed E-state index contributed by atoms with van der Waals surface area (Å²) in [5.74, 6) is 0.486. The van der Waals surface area contributed by atoms with Crippen molar-refractivity contribution in [3.63, 3.8) is 0 Å². The van der Waals surface area contributed by atoms with Crippen LogP contribution in [0.1, 0.15) is 24.2 Å². The molecule has 2 aromatic rings. The normalized spacial score (nSPS) is 22.1. The number of carbonyl (C=O) groups is 1. The first-order valence-electron chi connectivity index (χ1n) is 11.1. The van der Waals surface area contributed by atoms with E-state index in [1.165, 1.54) is 19.2 Å². The molecule has 1 aliphatic rings. The molecule has 0 bridgehead atoms. The Kier molecular flexibility index (Phi) is 8.40. The van der Waals surface area contributed by atoms with E-state index in [4.69, 9.17) is 14.2 Å². The van der Waals surface area contributed by atoms with Crippen molar-refractivity contribution in [2.24, 2.45) is 5.92 Å². The molecule has 3 atom stereocenters. The lowest BCUT2D eigenvalue weighted by molar-refractivity contribution is 0.0281. The molecule has 1 amide bonds. The molecule has 2 aromatic carbocycles. The van der Waals surface area contributed by atoms with E-state index < -0.39 is 10.0 Å². The highest BCUT2D eigenvalue weighted by Crippen LogP contribution is 2.29. The summed E-state index contributed by atoms with van der Waals surface area (Å²) in [6.07, 6.45) is -0.162. The summed E-state index contributed by atoms with van der Waals surface area (Å²) in [5, 5.41) is 3.43. The molecule has 2 N–H and O–H groups in total. The van der Waals surface area contributed by atoms with Crippen LogP contribution in [0.5, 0.6) is 11.5 Å². The molecule has 10 heteroatoms. The predicted octanol–water partition coefficient (Wildman–Crippen LogP) is 2.59. The Morgan fingerprint density at radius 1 is 1.15 bits per heavy atom. The van der Waals surface area contributed by atoms with Gasteiger partial charge in [0, 0.05) is 39.0 Å². The first kappa shape index (κ1) is 25.8. The van der Waals surface area contributed by atoms with Gasteiger partial charge in [0.05, 0.1) is 18.8 Å². The number of fused-ring (bicyclic) bond motifs is 1. The van der Waals surface area contributed by atoms with E-state index in [1.807, 2.05) is 6.92 Å². The number of benzene rings is 2. The maximum Gasteiger partial charge on any atom is 0.265 e. The number of hydrogen-bond acceptors (Lipinski definition) is 7. The fourth-order valence-electron chi connectivity index (χ4n) is 3.77. The number of para-hydroxylation sites is 1. The molecule has 0 saturated carbocycles. The van der Waals surface area contributed by atoms with E-state index in [2.05, 4.69) is 17.0 Å². The number of sulfonamides is 1. The summed E-state index contributed by atoms with van der Waals surface area (Å²) in [5.41, 5.74) is 0.503. The highest BCUT2D eigenvalue weighted by atomic mass is 32.2. The van der Waals surface area contributed by atoms with Crippen molar-refractivity contribution in [1.29, 1.82) is 0 Å². The number of nitrogens with zero attached hydrogens (tertiary/aromatic N) is 1. The van der Waals surface area contributed by atoms with Crippen LogP contribution >= 0.6 is 0 Å². The van der Waals surface area contributed by atoms with Gasteiger partial charge in [0.15, 0.2) is 0 Å². The molecule has 1 heterocycles. The largest absolute Gasteiger partial charge is 0.495 e. The zero-order valence-electron chi connectivity index (χ0n) is 20.2. The van der Waals surface area contributed by atoms with Gasteiger partial charge >= 0.3 is 0 Å². The highest BCUT2D eigenvalue weighted by molar-refractivity contribution is 7.92. The molecule has 0 fully saturated rings. The van der Waals surface area contributed by atoms with Gasteiger partial charge in [0.25, 0.3) is 15.9 Å². The summed E-state index contributed by atoms with van der Waals surface area (Å²) in [6, 6.07) is 11.1. The van der Waals surface area contributed by atoms with Gasteiger partial charge in [-0.25, -0.2) is 8.42 Å². The predicted molar refractivity (Wildman–Crippen MR) is 130 cm³/mol. The Hall–Kier alpha value is -2.82. The van der Waals surface area contributed by atoms with Crippen molar-refractivity contribution in [3.05, 3.63) is 48.0 Å². The first-order chi connectivity index (χ1) is 16.2. The van der Waals surface area contributed by atoms with E-state index in [9.17, 15) is 13.2 Å². The number of methoxy groups -OCH3 is 2. The molecule has 0 aromatic heterocycles. The van der Waals surface area contributed by atoms with Gasteiger partial charge in [-0.1, -0.05) is 19.1 Å². The minimum Gasteiger partial charge on any atom is -0.495 e. The average molecular weight is 492 g/mol. The maximum absolute atomic E-state index is 13.4. The Labute approximate surface area is 201 Å². The summed E-state index contributed by atoms with van der Waals surface area (Å²) in [6.45, 7) is 5.52. The molecule has 9 nitrogen and oxygen atoms in total. The Morgan fingerprint density at radius 2 is 1.88 bits per heavy atom. The second-order valence-corrected chi connectivity index (χ2v) is 10.2. The number of ether oxygens (including phenoxy) is 3. The van der Waals surface area contributed by atoms with E-state index in [0.717, 1.165) is 6.54 Å². The lowest BCUT2D eigenvalue weighted by Gasteiger charge is -2.30. The van der Waals surface area contributed by atoms with Crippen LogP contribution in [-0.2, 0) is 14.8 Å². The van der Waals surface area contributed by atoms with Crippen molar-refractivity contribution in [2.75, 3.05) is 45.7 Å². The number of anilines is 1. The minimum atomic E-state index is -3.95. The molecule has 186 valence electrons. The van der Waals surface area contributed by atoms with E-state index in [0.29, 0.717) is 18.9 Å². The molecule has 0 radical (unpaired) electrons. The summed E-state index contributed by atoms with van der Waals surface area (Å²) in [7, 11) is 0.784. The molecular weight excluding hydrogens is 458 g/mol. The zero-order chi connectivity index (χ0) is 24.9. The molecule has 34 heavy (non-hydrogen) atoms. The van der Waals surface area contributed by atoms with Crippen molar-refractivity contribution < 1.29 is 27.4 Å². The first-order valence-corrected chi connectivity index (χ1v) is 12.6. The van der Waals surface area contributed by atoms with Crippen molar-refractivity contribution >= 4 is 21.6 Å². The maximum atomic E-state index is 13.4. The van der Waals surface area contributed by atoms with Crippen LogP contribution < -0.4 is 19.5 Å². The number of likely N-dealkylation sites (N-methyl/N-ethyl adjacent to an activating group) is 1. The van der Waals surface area contributed by atoms with E-state index >= 15 is 0 Å². The van der Waals surface area contributed by atoms with Gasteiger partial charge in [0.1, 0.15) is 23.0 Å². The third kappa shape index (κ3) is 5.99. The number of hydrogen-bond donors (Lipinski definition) is 2. The van der Waals surface area contributed by atoms with Gasteiger partial charge in [-0.3, -0.25) is 9.52 Å². The monoisotopic (exact) mass is 491 g/mol. The van der Waals surface area contributed by atoms with Crippen molar-refractivity contribution in [3.8, 4) is 11.5 Å². The van der Waals surface area contributed by atoms with Gasteiger partial charge in [-0.05, 0) is 43.2 Å². The zero-order valence-corrected chi connectivity index (χ0v) is 21.0. The van der Waals surface area contributed by atoms with Crippen LogP contribution in [0.25, 0.3) is 0 Å². The van der Waals surface area contributed by atoms with Crippen LogP contribution in [0.3, 0.4) is 0 Å².